The molecule has 0 aliphatic carbocycles. The van der Waals surface area contributed by atoms with Crippen LogP contribution in [-0.2, 0) is 6.54 Å². The zero-order valence-corrected chi connectivity index (χ0v) is 5.93. The second-order valence-corrected chi connectivity index (χ2v) is 2.05. The van der Waals surface area contributed by atoms with Crippen LogP contribution in [0, 0.1) is 0 Å². The van der Waals surface area contributed by atoms with Crippen molar-refractivity contribution in [2.24, 2.45) is 0 Å². The van der Waals surface area contributed by atoms with Crippen molar-refractivity contribution in [2.75, 3.05) is 6.54 Å². The second-order valence-electron chi connectivity index (χ2n) is 2.05. The van der Waals surface area contributed by atoms with E-state index in [9.17, 15) is 13.2 Å². The molecule has 1 rings (SSSR count). The van der Waals surface area contributed by atoms with E-state index in [0.29, 0.717) is 0 Å². The van der Waals surface area contributed by atoms with Gasteiger partial charge in [-0.2, -0.15) is 18.2 Å². The lowest BCUT2D eigenvalue weighted by Gasteiger charge is -2.04. The Morgan fingerprint density at radius 2 is 2.25 bits per heavy atom. The van der Waals surface area contributed by atoms with Crippen LogP contribution in [0.4, 0.5) is 13.2 Å². The Hall–Kier alpha value is -1.11. The van der Waals surface area contributed by atoms with Crippen molar-refractivity contribution in [3.63, 3.8) is 0 Å². The van der Waals surface area contributed by atoms with Gasteiger partial charge >= 0.3 is 6.18 Å². The van der Waals surface area contributed by atoms with Gasteiger partial charge in [-0.15, -0.1) is 0 Å². The van der Waals surface area contributed by atoms with Gasteiger partial charge in [0.15, 0.2) is 6.33 Å². The lowest BCUT2D eigenvalue weighted by Crippen LogP contribution is -2.28. The van der Waals surface area contributed by atoms with Crippen molar-refractivity contribution < 1.29 is 17.7 Å². The highest BCUT2D eigenvalue weighted by Crippen LogP contribution is 2.12. The van der Waals surface area contributed by atoms with Crippen LogP contribution < -0.4 is 5.32 Å². The van der Waals surface area contributed by atoms with E-state index in [0.717, 1.165) is 6.33 Å². The fourth-order valence-corrected chi connectivity index (χ4v) is 0.585. The molecule has 0 aliphatic heterocycles. The summed E-state index contributed by atoms with van der Waals surface area (Å²) in [5, 5.41) is 5.34. The number of nitrogens with one attached hydrogen (secondary N) is 1. The van der Waals surface area contributed by atoms with E-state index in [1.807, 2.05) is 0 Å². The summed E-state index contributed by atoms with van der Waals surface area (Å²) in [7, 11) is 0. The first-order valence-corrected chi connectivity index (χ1v) is 3.11. The van der Waals surface area contributed by atoms with Gasteiger partial charge in [-0.25, -0.2) is 0 Å². The average Bonchev–Trinajstić information content (AvgIpc) is 2.36. The molecule has 1 aromatic heterocycles. The van der Waals surface area contributed by atoms with Crippen LogP contribution >= 0.6 is 0 Å². The monoisotopic (exact) mass is 181 g/mol. The highest BCUT2D eigenvalue weighted by atomic mass is 19.4. The molecule has 0 spiro atoms. The molecule has 0 aliphatic rings. The molecule has 0 bridgehead atoms. The third-order valence-corrected chi connectivity index (χ3v) is 1.01. The van der Waals surface area contributed by atoms with Crippen LogP contribution in [0.25, 0.3) is 0 Å². The Kier molecular flexibility index (Phi) is 2.64. The molecular weight excluding hydrogens is 175 g/mol. The minimum atomic E-state index is -4.21. The quantitative estimate of drug-likeness (QED) is 0.746. The van der Waals surface area contributed by atoms with Gasteiger partial charge in [0.1, 0.15) is 0 Å². The molecule has 1 N–H and O–H groups in total. The van der Waals surface area contributed by atoms with Gasteiger partial charge in [-0.05, 0) is 0 Å². The summed E-state index contributed by atoms with van der Waals surface area (Å²) >= 11 is 0. The predicted molar refractivity (Wildman–Crippen MR) is 32.1 cm³/mol. The smallest absolute Gasteiger partial charge is 0.338 e. The van der Waals surface area contributed by atoms with Crippen LogP contribution in [0.5, 0.6) is 0 Å². The SMILES string of the molecule is FC(F)(F)CNCc1ncno1. The second kappa shape index (κ2) is 3.53. The van der Waals surface area contributed by atoms with Gasteiger partial charge in [0, 0.05) is 0 Å². The van der Waals surface area contributed by atoms with E-state index in [1.165, 1.54) is 0 Å². The van der Waals surface area contributed by atoms with Gasteiger partial charge in [-0.1, -0.05) is 5.16 Å². The molecule has 0 atom stereocenters. The molecule has 0 unspecified atom stereocenters. The normalized spacial score (nSPS) is 11.9. The number of aromatic nitrogens is 2. The van der Waals surface area contributed by atoms with E-state index < -0.39 is 12.7 Å². The molecule has 1 aromatic rings. The summed E-state index contributed by atoms with van der Waals surface area (Å²) < 4.78 is 39.1. The van der Waals surface area contributed by atoms with Gasteiger partial charge in [0.05, 0.1) is 13.1 Å². The van der Waals surface area contributed by atoms with Crippen molar-refractivity contribution in [2.45, 2.75) is 12.7 Å². The molecule has 4 nitrogen and oxygen atoms in total. The first-order chi connectivity index (χ1) is 5.58. The number of halogens is 3. The maximum atomic E-state index is 11.6. The fraction of sp³-hybridized carbons (Fsp3) is 0.600. The van der Waals surface area contributed by atoms with Crippen LogP contribution in [0.1, 0.15) is 5.89 Å². The Balaban J connectivity index is 2.20. The zero-order chi connectivity index (χ0) is 9.03. The fourth-order valence-electron chi connectivity index (χ4n) is 0.585. The highest BCUT2D eigenvalue weighted by Gasteiger charge is 2.26. The van der Waals surface area contributed by atoms with Crippen LogP contribution in [0.3, 0.4) is 0 Å². The number of hydrogen-bond donors (Lipinski definition) is 1. The lowest BCUT2D eigenvalue weighted by atomic mass is 10.5. The van der Waals surface area contributed by atoms with Crippen molar-refractivity contribution in [1.82, 2.24) is 15.5 Å². The summed E-state index contributed by atoms with van der Waals surface area (Å²) in [6, 6.07) is 0. The van der Waals surface area contributed by atoms with Gasteiger partial charge in [0.2, 0.25) is 5.89 Å². The molecule has 7 heteroatoms. The Labute approximate surface area is 65.8 Å². The summed E-state index contributed by atoms with van der Waals surface area (Å²) in [4.78, 5) is 3.53. The summed E-state index contributed by atoms with van der Waals surface area (Å²) in [6.45, 7) is -1.13. The molecule has 0 fully saturated rings. The molecule has 12 heavy (non-hydrogen) atoms. The van der Waals surface area contributed by atoms with Crippen molar-refractivity contribution in [3.8, 4) is 0 Å². The van der Waals surface area contributed by atoms with Gasteiger partial charge < -0.3 is 9.84 Å². The molecule has 0 amide bonds. The molecule has 0 saturated heterocycles. The van der Waals surface area contributed by atoms with E-state index in [4.69, 9.17) is 0 Å². The number of rotatable bonds is 3. The van der Waals surface area contributed by atoms with E-state index in [1.54, 1.807) is 0 Å². The Morgan fingerprint density at radius 3 is 2.75 bits per heavy atom. The largest absolute Gasteiger partial charge is 0.401 e. The van der Waals surface area contributed by atoms with E-state index >= 15 is 0 Å². The molecule has 1 heterocycles. The lowest BCUT2D eigenvalue weighted by molar-refractivity contribution is -0.125. The van der Waals surface area contributed by atoms with Crippen LogP contribution in [0.2, 0.25) is 0 Å². The maximum absolute atomic E-state index is 11.6. The zero-order valence-electron chi connectivity index (χ0n) is 5.93. The topological polar surface area (TPSA) is 51.0 Å². The molecule has 0 saturated carbocycles. The minimum absolute atomic E-state index is 0.0699. The third kappa shape index (κ3) is 3.33. The molecular formula is C5H6F3N3O. The van der Waals surface area contributed by atoms with Crippen molar-refractivity contribution >= 4 is 0 Å². The summed E-state index contributed by atoms with van der Waals surface area (Å²) in [5.74, 6) is 0.138. The van der Waals surface area contributed by atoms with Gasteiger partial charge in [-0.3, -0.25) is 0 Å². The third-order valence-electron chi connectivity index (χ3n) is 1.01. The predicted octanol–water partition coefficient (Wildman–Crippen LogP) is 0.721. The number of hydrogen-bond acceptors (Lipinski definition) is 4. The summed E-state index contributed by atoms with van der Waals surface area (Å²) in [5.41, 5.74) is 0. The highest BCUT2D eigenvalue weighted by molar-refractivity contribution is 4.72. The number of nitrogens with zero attached hydrogens (tertiary/aromatic N) is 2. The summed E-state index contributed by atoms with van der Waals surface area (Å²) in [6.07, 6.45) is -3.08. The van der Waals surface area contributed by atoms with Crippen molar-refractivity contribution in [3.05, 3.63) is 12.2 Å². The molecule has 68 valence electrons. The van der Waals surface area contributed by atoms with E-state index in [-0.39, 0.29) is 12.4 Å². The van der Waals surface area contributed by atoms with E-state index in [2.05, 4.69) is 20.0 Å². The van der Waals surface area contributed by atoms with Gasteiger partial charge in [0.25, 0.3) is 0 Å². The maximum Gasteiger partial charge on any atom is 0.401 e. The molecule has 0 radical (unpaired) electrons. The molecule has 0 aromatic carbocycles. The minimum Gasteiger partial charge on any atom is -0.338 e. The first-order valence-electron chi connectivity index (χ1n) is 3.11. The van der Waals surface area contributed by atoms with Crippen LogP contribution in [0.15, 0.2) is 10.9 Å². The Morgan fingerprint density at radius 1 is 1.50 bits per heavy atom. The average molecular weight is 181 g/mol. The Bertz CT molecular complexity index is 220. The first kappa shape index (κ1) is 8.98. The van der Waals surface area contributed by atoms with Crippen molar-refractivity contribution in [1.29, 1.82) is 0 Å². The number of alkyl halides is 3. The van der Waals surface area contributed by atoms with Crippen LogP contribution in [-0.4, -0.2) is 22.9 Å². The standard InChI is InChI=1S/C5H6F3N3O/c6-5(7,8)2-9-1-4-10-3-11-12-4/h3,9H,1-2H2.